The van der Waals surface area contributed by atoms with Gasteiger partial charge in [0.15, 0.2) is 0 Å². The minimum atomic E-state index is -0.431. The van der Waals surface area contributed by atoms with Gasteiger partial charge in [0, 0.05) is 11.5 Å². The Morgan fingerprint density at radius 3 is 2.84 bits per heavy atom. The zero-order valence-corrected chi connectivity index (χ0v) is 11.8. The molecule has 1 aromatic rings. The fraction of sp³-hybridized carbons (Fsp3) is 0.562. The number of ether oxygens (including phenoxy) is 1. The molecule has 1 amide bonds. The highest BCUT2D eigenvalue weighted by Crippen LogP contribution is 2.56. The molecular weight excluding hydrogens is 238 g/mol. The van der Waals surface area contributed by atoms with E-state index in [1.54, 1.807) is 0 Å². The molecule has 1 aromatic carbocycles. The van der Waals surface area contributed by atoms with E-state index in [2.05, 4.69) is 29.6 Å². The van der Waals surface area contributed by atoms with Crippen molar-refractivity contribution in [3.8, 4) is 0 Å². The third-order valence-corrected chi connectivity index (χ3v) is 4.16. The fourth-order valence-electron chi connectivity index (χ4n) is 3.23. The smallest absolute Gasteiger partial charge is 0.407 e. The number of carbonyl (C=O) groups excluding carboxylic acids is 1. The van der Waals surface area contributed by atoms with Gasteiger partial charge in [-0.1, -0.05) is 24.3 Å². The van der Waals surface area contributed by atoms with E-state index in [9.17, 15) is 4.79 Å². The summed E-state index contributed by atoms with van der Waals surface area (Å²) in [6.45, 7) is 5.67. The minimum Gasteiger partial charge on any atom is -0.444 e. The molecule has 0 bridgehead atoms. The molecule has 3 rings (SSSR count). The average Bonchev–Trinajstić information content (AvgIpc) is 2.84. The predicted molar refractivity (Wildman–Crippen MR) is 74.2 cm³/mol. The zero-order valence-electron chi connectivity index (χ0n) is 11.8. The van der Waals surface area contributed by atoms with Gasteiger partial charge in [0.25, 0.3) is 0 Å². The molecule has 2 aliphatic rings. The van der Waals surface area contributed by atoms with E-state index in [0.29, 0.717) is 0 Å². The second kappa shape index (κ2) is 3.99. The molecule has 19 heavy (non-hydrogen) atoms. The number of carbonyl (C=O) groups is 1. The third-order valence-electron chi connectivity index (χ3n) is 4.16. The van der Waals surface area contributed by atoms with Gasteiger partial charge in [0.2, 0.25) is 0 Å². The standard InChI is InChI=1S/C16H21NO2/c1-15(2,3)19-14(18)17-13-10-16(13)9-8-11-6-4-5-7-12(11)16/h4-7,13H,8-10H2,1-3H3,(H,17,18)/t13-,16-/m0/s1. The highest BCUT2D eigenvalue weighted by molar-refractivity contribution is 5.69. The molecule has 0 unspecified atom stereocenters. The van der Waals surface area contributed by atoms with Gasteiger partial charge in [-0.3, -0.25) is 0 Å². The number of hydrogen-bond donors (Lipinski definition) is 1. The Morgan fingerprint density at radius 2 is 2.11 bits per heavy atom. The number of fused-ring (bicyclic) bond motifs is 2. The van der Waals surface area contributed by atoms with Gasteiger partial charge in [-0.15, -0.1) is 0 Å². The number of nitrogens with one attached hydrogen (secondary N) is 1. The van der Waals surface area contributed by atoms with E-state index >= 15 is 0 Å². The number of amides is 1. The van der Waals surface area contributed by atoms with Crippen LogP contribution in [0.2, 0.25) is 0 Å². The normalized spacial score (nSPS) is 28.1. The molecule has 2 atom stereocenters. The monoisotopic (exact) mass is 259 g/mol. The van der Waals surface area contributed by atoms with Crippen molar-refractivity contribution in [2.75, 3.05) is 0 Å². The average molecular weight is 259 g/mol. The van der Waals surface area contributed by atoms with Crippen molar-refractivity contribution in [2.24, 2.45) is 0 Å². The van der Waals surface area contributed by atoms with Crippen LogP contribution in [0.25, 0.3) is 0 Å². The SMILES string of the molecule is CC(C)(C)OC(=O)N[C@H]1C[C@]12CCc1ccccc12. The summed E-state index contributed by atoms with van der Waals surface area (Å²) in [4.78, 5) is 11.8. The quantitative estimate of drug-likeness (QED) is 0.841. The molecule has 0 radical (unpaired) electrons. The minimum absolute atomic E-state index is 0.188. The second-order valence-corrected chi connectivity index (χ2v) is 6.72. The second-order valence-electron chi connectivity index (χ2n) is 6.72. The lowest BCUT2D eigenvalue weighted by Gasteiger charge is -2.20. The van der Waals surface area contributed by atoms with Crippen LogP contribution in [0.1, 0.15) is 44.7 Å². The van der Waals surface area contributed by atoms with Gasteiger partial charge < -0.3 is 10.1 Å². The summed E-state index contributed by atoms with van der Waals surface area (Å²) in [5.74, 6) is 0. The molecule has 3 heteroatoms. The first-order valence-corrected chi connectivity index (χ1v) is 6.99. The first-order valence-electron chi connectivity index (χ1n) is 6.99. The fourth-order valence-corrected chi connectivity index (χ4v) is 3.23. The van der Waals surface area contributed by atoms with Crippen molar-refractivity contribution in [3.05, 3.63) is 35.4 Å². The molecule has 102 valence electrons. The van der Waals surface area contributed by atoms with Gasteiger partial charge in [-0.25, -0.2) is 4.79 Å². The van der Waals surface area contributed by atoms with Crippen molar-refractivity contribution in [1.29, 1.82) is 0 Å². The largest absolute Gasteiger partial charge is 0.444 e. The summed E-state index contributed by atoms with van der Waals surface area (Å²) >= 11 is 0. The summed E-state index contributed by atoms with van der Waals surface area (Å²) in [6, 6.07) is 8.84. The number of hydrogen-bond acceptors (Lipinski definition) is 2. The Hall–Kier alpha value is -1.51. The Bertz CT molecular complexity index is 518. The van der Waals surface area contributed by atoms with Crippen molar-refractivity contribution < 1.29 is 9.53 Å². The van der Waals surface area contributed by atoms with Crippen molar-refractivity contribution in [2.45, 2.75) is 57.1 Å². The maximum atomic E-state index is 11.8. The number of benzene rings is 1. The summed E-state index contributed by atoms with van der Waals surface area (Å²) in [6.07, 6.45) is 3.03. The van der Waals surface area contributed by atoms with E-state index in [4.69, 9.17) is 4.74 Å². The maximum Gasteiger partial charge on any atom is 0.407 e. The first-order chi connectivity index (χ1) is 8.91. The number of aryl methyl sites for hydroxylation is 1. The zero-order chi connectivity index (χ0) is 13.7. The highest BCUT2D eigenvalue weighted by atomic mass is 16.6. The molecule has 1 spiro atoms. The summed E-state index contributed by atoms with van der Waals surface area (Å²) in [5, 5.41) is 3.02. The van der Waals surface area contributed by atoms with Crippen LogP contribution in [0, 0.1) is 0 Å². The predicted octanol–water partition coefficient (Wildman–Crippen LogP) is 3.17. The van der Waals surface area contributed by atoms with Crippen molar-refractivity contribution >= 4 is 6.09 Å². The van der Waals surface area contributed by atoms with E-state index < -0.39 is 5.60 Å². The number of rotatable bonds is 1. The Balaban J connectivity index is 1.68. The van der Waals surface area contributed by atoms with Gasteiger partial charge in [0.1, 0.15) is 5.60 Å². The summed E-state index contributed by atoms with van der Waals surface area (Å²) in [7, 11) is 0. The molecular formula is C16H21NO2. The molecule has 1 N–H and O–H groups in total. The van der Waals surface area contributed by atoms with Crippen molar-refractivity contribution in [1.82, 2.24) is 5.32 Å². The van der Waals surface area contributed by atoms with Gasteiger partial charge in [0.05, 0.1) is 0 Å². The maximum absolute atomic E-state index is 11.8. The van der Waals surface area contributed by atoms with Crippen LogP contribution < -0.4 is 5.32 Å². The van der Waals surface area contributed by atoms with Crippen LogP contribution in [0.4, 0.5) is 4.79 Å². The van der Waals surface area contributed by atoms with Crippen LogP contribution in [0.3, 0.4) is 0 Å². The highest BCUT2D eigenvalue weighted by Gasteiger charge is 2.58. The Labute approximate surface area is 114 Å². The van der Waals surface area contributed by atoms with Crippen LogP contribution in [0.5, 0.6) is 0 Å². The molecule has 1 fully saturated rings. The van der Waals surface area contributed by atoms with E-state index in [1.807, 2.05) is 20.8 Å². The Kier molecular flexibility index (Phi) is 2.63. The summed E-state index contributed by atoms with van der Waals surface area (Å²) in [5.41, 5.74) is 2.62. The van der Waals surface area contributed by atoms with Gasteiger partial charge in [-0.05, 0) is 51.2 Å². The number of alkyl carbamates (subject to hydrolysis) is 1. The lowest BCUT2D eigenvalue weighted by atomic mass is 9.97. The van der Waals surface area contributed by atoms with Crippen LogP contribution >= 0.6 is 0 Å². The molecule has 2 aliphatic carbocycles. The topological polar surface area (TPSA) is 38.3 Å². The molecule has 0 heterocycles. The Morgan fingerprint density at radius 1 is 1.37 bits per heavy atom. The molecule has 1 saturated carbocycles. The molecule has 0 aromatic heterocycles. The third kappa shape index (κ3) is 2.22. The van der Waals surface area contributed by atoms with E-state index in [-0.39, 0.29) is 17.6 Å². The van der Waals surface area contributed by atoms with Crippen LogP contribution in [-0.2, 0) is 16.6 Å². The van der Waals surface area contributed by atoms with E-state index in [1.165, 1.54) is 11.1 Å². The van der Waals surface area contributed by atoms with Crippen molar-refractivity contribution in [3.63, 3.8) is 0 Å². The molecule has 3 nitrogen and oxygen atoms in total. The van der Waals surface area contributed by atoms with Crippen LogP contribution in [0.15, 0.2) is 24.3 Å². The van der Waals surface area contributed by atoms with Gasteiger partial charge in [-0.2, -0.15) is 0 Å². The van der Waals surface area contributed by atoms with E-state index in [0.717, 1.165) is 19.3 Å². The first kappa shape index (κ1) is 12.5. The lowest BCUT2D eigenvalue weighted by Crippen LogP contribution is -2.36. The molecule has 0 saturated heterocycles. The molecule has 0 aliphatic heterocycles. The van der Waals surface area contributed by atoms with Crippen LogP contribution in [-0.4, -0.2) is 17.7 Å². The van der Waals surface area contributed by atoms with Gasteiger partial charge >= 0.3 is 6.09 Å². The summed E-state index contributed by atoms with van der Waals surface area (Å²) < 4.78 is 5.33. The lowest BCUT2D eigenvalue weighted by molar-refractivity contribution is 0.0519.